The Morgan fingerprint density at radius 3 is 2.72 bits per heavy atom. The van der Waals surface area contributed by atoms with Crippen LogP contribution in [-0.2, 0) is 6.54 Å². The number of methoxy groups -OCH3 is 1. The first kappa shape index (κ1) is 22.4. The average Bonchev–Trinajstić information content (AvgIpc) is 2.68. The molecule has 3 rings (SSSR count). The first-order valence-electron chi connectivity index (χ1n) is 9.12. The molecule has 0 radical (unpaired) electrons. The van der Waals surface area contributed by atoms with Crippen molar-refractivity contribution in [2.45, 2.75) is 37.8 Å². The molecule has 0 amide bonds. The molecule has 2 aromatic rings. The first-order chi connectivity index (χ1) is 13.8. The van der Waals surface area contributed by atoms with Crippen LogP contribution in [0.5, 0.6) is 11.5 Å². The molecule has 0 bridgehead atoms. The highest BCUT2D eigenvalue weighted by atomic mass is 79.9. The van der Waals surface area contributed by atoms with Crippen LogP contribution in [-0.4, -0.2) is 26.1 Å². The molecule has 1 aliphatic rings. The minimum Gasteiger partial charge on any atom is -0.496 e. The minimum atomic E-state index is -4.73. The predicted molar refractivity (Wildman–Crippen MR) is 112 cm³/mol. The molecule has 158 valence electrons. The van der Waals surface area contributed by atoms with E-state index < -0.39 is 6.36 Å². The van der Waals surface area contributed by atoms with E-state index in [9.17, 15) is 13.2 Å². The molecule has 2 atom stereocenters. The van der Waals surface area contributed by atoms with E-state index >= 15 is 0 Å². The van der Waals surface area contributed by atoms with Gasteiger partial charge in [0.1, 0.15) is 11.5 Å². The maximum atomic E-state index is 12.6. The number of ether oxygens (including phenoxy) is 2. The van der Waals surface area contributed by atoms with Crippen molar-refractivity contribution >= 4 is 31.9 Å². The number of hydrogen-bond donors (Lipinski definition) is 2. The van der Waals surface area contributed by atoms with Crippen molar-refractivity contribution in [3.63, 3.8) is 0 Å². The lowest BCUT2D eigenvalue weighted by molar-refractivity contribution is -0.274. The van der Waals surface area contributed by atoms with Crippen molar-refractivity contribution < 1.29 is 22.6 Å². The smallest absolute Gasteiger partial charge is 0.496 e. The van der Waals surface area contributed by atoms with Gasteiger partial charge in [0.2, 0.25) is 0 Å². The number of hydrogen-bond acceptors (Lipinski definition) is 4. The van der Waals surface area contributed by atoms with Crippen LogP contribution in [0.25, 0.3) is 0 Å². The van der Waals surface area contributed by atoms with Gasteiger partial charge >= 0.3 is 6.36 Å². The summed E-state index contributed by atoms with van der Waals surface area (Å²) in [6.07, 6.45) is -2.78. The summed E-state index contributed by atoms with van der Waals surface area (Å²) in [5.74, 6) is 0.249. The third-order valence-electron chi connectivity index (χ3n) is 4.82. The normalized spacial score (nSPS) is 19.8. The van der Waals surface area contributed by atoms with Crippen LogP contribution in [0.2, 0.25) is 0 Å². The van der Waals surface area contributed by atoms with E-state index in [-0.39, 0.29) is 17.8 Å². The Kier molecular flexibility index (Phi) is 7.47. The average molecular weight is 538 g/mol. The molecule has 1 heterocycles. The van der Waals surface area contributed by atoms with Crippen molar-refractivity contribution in [3.05, 3.63) is 56.5 Å². The van der Waals surface area contributed by atoms with Gasteiger partial charge < -0.3 is 20.1 Å². The molecule has 9 heteroatoms. The molecule has 2 aromatic carbocycles. The fraction of sp³-hybridized carbons (Fsp3) is 0.400. The van der Waals surface area contributed by atoms with Gasteiger partial charge in [-0.25, -0.2) is 0 Å². The summed E-state index contributed by atoms with van der Waals surface area (Å²) in [7, 11) is 1.49. The number of rotatable bonds is 6. The Balaban J connectivity index is 1.78. The Bertz CT molecular complexity index is 849. The molecule has 0 saturated carbocycles. The van der Waals surface area contributed by atoms with Gasteiger partial charge in [-0.05, 0) is 81.1 Å². The van der Waals surface area contributed by atoms with Crippen molar-refractivity contribution in [1.82, 2.24) is 10.6 Å². The maximum absolute atomic E-state index is 12.6. The molecular weight excluding hydrogens is 517 g/mol. The van der Waals surface area contributed by atoms with Crippen molar-refractivity contribution in [3.8, 4) is 11.5 Å². The SMILES string of the molecule is COc1ccc(OC(F)(F)F)cc1CNC1CCCNC1c1cccc(Br)c1Br. The van der Waals surface area contributed by atoms with Gasteiger partial charge in [0, 0.05) is 33.1 Å². The number of benzene rings is 2. The highest BCUT2D eigenvalue weighted by molar-refractivity contribution is 9.13. The van der Waals surface area contributed by atoms with E-state index in [1.54, 1.807) is 0 Å². The van der Waals surface area contributed by atoms with Crippen LogP contribution in [0.15, 0.2) is 45.3 Å². The summed E-state index contributed by atoms with van der Waals surface area (Å²) in [6.45, 7) is 1.26. The zero-order valence-corrected chi connectivity index (χ0v) is 18.8. The van der Waals surface area contributed by atoms with Crippen molar-refractivity contribution in [2.75, 3.05) is 13.7 Å². The Labute approximate surface area is 184 Å². The summed E-state index contributed by atoms with van der Waals surface area (Å²) in [5, 5.41) is 7.03. The summed E-state index contributed by atoms with van der Waals surface area (Å²) >= 11 is 7.18. The molecule has 2 N–H and O–H groups in total. The van der Waals surface area contributed by atoms with E-state index in [1.807, 2.05) is 12.1 Å². The van der Waals surface area contributed by atoms with Gasteiger partial charge in [0.25, 0.3) is 0 Å². The number of halogens is 5. The second kappa shape index (κ2) is 9.68. The van der Waals surface area contributed by atoms with E-state index in [0.717, 1.165) is 33.9 Å². The Morgan fingerprint density at radius 1 is 1.21 bits per heavy atom. The van der Waals surface area contributed by atoms with Crippen LogP contribution in [0.3, 0.4) is 0 Å². The zero-order chi connectivity index (χ0) is 21.0. The summed E-state index contributed by atoms with van der Waals surface area (Å²) in [5.41, 5.74) is 1.73. The van der Waals surface area contributed by atoms with Gasteiger partial charge in [0.15, 0.2) is 0 Å². The largest absolute Gasteiger partial charge is 0.573 e. The lowest BCUT2D eigenvalue weighted by Gasteiger charge is -2.34. The fourth-order valence-electron chi connectivity index (χ4n) is 3.53. The van der Waals surface area contributed by atoms with Crippen molar-refractivity contribution in [2.24, 2.45) is 0 Å². The molecule has 0 aromatic heterocycles. The Morgan fingerprint density at radius 2 is 2.00 bits per heavy atom. The Hall–Kier alpha value is -1.29. The minimum absolute atomic E-state index is 0.0660. The van der Waals surface area contributed by atoms with Crippen LogP contribution in [0.1, 0.15) is 30.0 Å². The molecule has 2 unspecified atom stereocenters. The van der Waals surface area contributed by atoms with Gasteiger partial charge in [-0.1, -0.05) is 12.1 Å². The van der Waals surface area contributed by atoms with Crippen LogP contribution in [0, 0.1) is 0 Å². The zero-order valence-electron chi connectivity index (χ0n) is 15.7. The van der Waals surface area contributed by atoms with Crippen molar-refractivity contribution in [1.29, 1.82) is 0 Å². The van der Waals surface area contributed by atoms with Crippen LogP contribution >= 0.6 is 31.9 Å². The lowest BCUT2D eigenvalue weighted by Crippen LogP contribution is -2.45. The molecule has 1 fully saturated rings. The molecule has 0 aliphatic carbocycles. The second-order valence-corrected chi connectivity index (χ2v) is 8.37. The molecule has 4 nitrogen and oxygen atoms in total. The summed E-state index contributed by atoms with van der Waals surface area (Å²) in [6, 6.07) is 10.3. The maximum Gasteiger partial charge on any atom is 0.573 e. The monoisotopic (exact) mass is 536 g/mol. The van der Waals surface area contributed by atoms with E-state index in [0.29, 0.717) is 17.9 Å². The molecule has 29 heavy (non-hydrogen) atoms. The van der Waals surface area contributed by atoms with Gasteiger partial charge in [-0.3, -0.25) is 0 Å². The third kappa shape index (κ3) is 5.87. The second-order valence-electron chi connectivity index (χ2n) is 6.73. The molecule has 1 saturated heterocycles. The van der Waals surface area contributed by atoms with E-state index in [1.165, 1.54) is 25.3 Å². The van der Waals surface area contributed by atoms with Crippen LogP contribution in [0.4, 0.5) is 13.2 Å². The van der Waals surface area contributed by atoms with Gasteiger partial charge in [-0.15, -0.1) is 13.2 Å². The molecule has 1 aliphatic heterocycles. The third-order valence-corrected chi connectivity index (χ3v) is 6.89. The molecular formula is C20H21Br2F3N2O2. The molecule has 0 spiro atoms. The van der Waals surface area contributed by atoms with Gasteiger partial charge in [0.05, 0.1) is 7.11 Å². The van der Waals surface area contributed by atoms with Crippen LogP contribution < -0.4 is 20.1 Å². The number of piperidine rings is 1. The number of nitrogens with one attached hydrogen (secondary N) is 2. The topological polar surface area (TPSA) is 42.5 Å². The predicted octanol–water partition coefficient (Wildman–Crippen LogP) is 5.70. The standard InChI is InChI=1S/C20H21Br2F3N2O2/c1-28-17-8-7-13(29-20(23,24)25)10-12(17)11-27-16-6-3-9-26-19(16)14-4-2-5-15(21)18(14)22/h2,4-5,7-8,10,16,19,26-27H,3,6,9,11H2,1H3. The highest BCUT2D eigenvalue weighted by Crippen LogP contribution is 2.35. The van der Waals surface area contributed by atoms with E-state index in [4.69, 9.17) is 4.74 Å². The number of alkyl halides is 3. The van der Waals surface area contributed by atoms with E-state index in [2.05, 4.69) is 53.3 Å². The summed E-state index contributed by atoms with van der Waals surface area (Å²) in [4.78, 5) is 0. The van der Waals surface area contributed by atoms with Gasteiger partial charge in [-0.2, -0.15) is 0 Å². The quantitative estimate of drug-likeness (QED) is 0.496. The highest BCUT2D eigenvalue weighted by Gasteiger charge is 2.32. The summed E-state index contributed by atoms with van der Waals surface area (Å²) < 4.78 is 49.0. The fourth-order valence-corrected chi connectivity index (χ4v) is 4.42. The first-order valence-corrected chi connectivity index (χ1v) is 10.7. The lowest BCUT2D eigenvalue weighted by atomic mass is 9.92.